The number of methoxy groups -OCH3 is 1. The van der Waals surface area contributed by atoms with Gasteiger partial charge >= 0.3 is 0 Å². The van der Waals surface area contributed by atoms with E-state index in [1.165, 1.54) is 5.56 Å². The Morgan fingerprint density at radius 2 is 1.95 bits per heavy atom. The van der Waals surface area contributed by atoms with Crippen molar-refractivity contribution in [3.05, 3.63) is 61.5 Å². The van der Waals surface area contributed by atoms with Crippen molar-refractivity contribution < 1.29 is 4.74 Å². The van der Waals surface area contributed by atoms with Crippen LogP contribution in [0.5, 0.6) is 5.75 Å². The lowest BCUT2D eigenvalue weighted by molar-refractivity contribution is 0.414. The SMILES string of the molecule is CNC(Cc1cc(OC)ccc1Br)c1cccc(Br)c1Cl. The first kappa shape index (κ1) is 16.8. The Hall–Kier alpha value is -0.550. The summed E-state index contributed by atoms with van der Waals surface area (Å²) in [6.07, 6.45) is 0.810. The van der Waals surface area contributed by atoms with Crippen LogP contribution in [0.3, 0.4) is 0 Å². The van der Waals surface area contributed by atoms with Crippen LogP contribution in [-0.2, 0) is 6.42 Å². The van der Waals surface area contributed by atoms with Crippen LogP contribution >= 0.6 is 43.5 Å². The molecule has 1 atom stereocenters. The van der Waals surface area contributed by atoms with Crippen molar-refractivity contribution in [2.75, 3.05) is 14.2 Å². The summed E-state index contributed by atoms with van der Waals surface area (Å²) in [7, 11) is 3.61. The van der Waals surface area contributed by atoms with E-state index in [-0.39, 0.29) is 6.04 Å². The monoisotopic (exact) mass is 431 g/mol. The number of hydrogen-bond donors (Lipinski definition) is 1. The standard InChI is InChI=1S/C16H16Br2ClNO/c1-20-15(12-4-3-5-14(18)16(12)19)9-10-8-11(21-2)6-7-13(10)17/h3-8,15,20H,9H2,1-2H3. The minimum Gasteiger partial charge on any atom is -0.497 e. The van der Waals surface area contributed by atoms with E-state index in [2.05, 4.69) is 37.2 Å². The molecule has 0 bridgehead atoms. The average molecular weight is 434 g/mol. The summed E-state index contributed by atoms with van der Waals surface area (Å²) in [4.78, 5) is 0. The van der Waals surface area contributed by atoms with Crippen LogP contribution in [-0.4, -0.2) is 14.2 Å². The Morgan fingerprint density at radius 1 is 1.19 bits per heavy atom. The Bertz CT molecular complexity index is 634. The lowest BCUT2D eigenvalue weighted by Gasteiger charge is -2.20. The first-order valence-corrected chi connectivity index (χ1v) is 8.46. The second kappa shape index (κ2) is 7.63. The quantitative estimate of drug-likeness (QED) is 0.684. The molecule has 0 heterocycles. The second-order valence-corrected chi connectivity index (χ2v) is 6.73. The van der Waals surface area contributed by atoms with Crippen molar-refractivity contribution in [2.24, 2.45) is 0 Å². The van der Waals surface area contributed by atoms with Crippen LogP contribution in [0.1, 0.15) is 17.2 Å². The summed E-state index contributed by atoms with van der Waals surface area (Å²) in [5.74, 6) is 0.850. The van der Waals surface area contributed by atoms with Gasteiger partial charge in [-0.1, -0.05) is 39.7 Å². The molecule has 0 aromatic heterocycles. The molecule has 0 aliphatic heterocycles. The lowest BCUT2D eigenvalue weighted by Crippen LogP contribution is -2.19. The maximum Gasteiger partial charge on any atom is 0.119 e. The van der Waals surface area contributed by atoms with Crippen molar-refractivity contribution >= 4 is 43.5 Å². The Kier molecular flexibility index (Phi) is 6.11. The Labute approximate surface area is 147 Å². The number of ether oxygens (including phenoxy) is 1. The second-order valence-electron chi connectivity index (χ2n) is 4.65. The molecular formula is C16H16Br2ClNO. The maximum atomic E-state index is 6.41. The molecule has 0 spiro atoms. The first-order valence-electron chi connectivity index (χ1n) is 6.50. The zero-order valence-corrected chi connectivity index (χ0v) is 15.7. The van der Waals surface area contributed by atoms with Crippen molar-refractivity contribution in [3.63, 3.8) is 0 Å². The molecule has 0 radical (unpaired) electrons. The fourth-order valence-electron chi connectivity index (χ4n) is 2.21. The molecule has 0 aliphatic rings. The molecule has 0 saturated carbocycles. The van der Waals surface area contributed by atoms with Gasteiger partial charge in [0.05, 0.1) is 12.1 Å². The molecule has 2 aromatic rings. The van der Waals surface area contributed by atoms with E-state index in [9.17, 15) is 0 Å². The van der Waals surface area contributed by atoms with Gasteiger partial charge in [0.25, 0.3) is 0 Å². The molecule has 21 heavy (non-hydrogen) atoms. The largest absolute Gasteiger partial charge is 0.497 e. The molecule has 1 N–H and O–H groups in total. The molecule has 0 saturated heterocycles. The third kappa shape index (κ3) is 4.01. The number of halogens is 3. The molecule has 2 aromatic carbocycles. The number of hydrogen-bond acceptors (Lipinski definition) is 2. The molecule has 0 amide bonds. The summed E-state index contributed by atoms with van der Waals surface area (Å²) in [5.41, 5.74) is 2.24. The molecule has 2 nitrogen and oxygen atoms in total. The minimum absolute atomic E-state index is 0.124. The highest BCUT2D eigenvalue weighted by Crippen LogP contribution is 2.33. The van der Waals surface area contributed by atoms with Crippen molar-refractivity contribution in [3.8, 4) is 5.75 Å². The van der Waals surface area contributed by atoms with E-state index in [1.807, 2.05) is 43.4 Å². The van der Waals surface area contributed by atoms with Crippen molar-refractivity contribution in [1.29, 1.82) is 0 Å². The van der Waals surface area contributed by atoms with E-state index < -0.39 is 0 Å². The Morgan fingerprint density at radius 3 is 2.62 bits per heavy atom. The fourth-order valence-corrected chi connectivity index (χ4v) is 3.26. The van der Waals surface area contributed by atoms with Crippen LogP contribution in [0.2, 0.25) is 5.02 Å². The van der Waals surface area contributed by atoms with Crippen LogP contribution in [0.4, 0.5) is 0 Å². The minimum atomic E-state index is 0.124. The molecular weight excluding hydrogens is 417 g/mol. The predicted molar refractivity (Wildman–Crippen MR) is 95.4 cm³/mol. The van der Waals surface area contributed by atoms with Gasteiger partial charge in [0.1, 0.15) is 5.75 Å². The summed E-state index contributed by atoms with van der Waals surface area (Å²) in [6.45, 7) is 0. The normalized spacial score (nSPS) is 12.2. The molecule has 2 rings (SSSR count). The van der Waals surface area contributed by atoms with Gasteiger partial charge < -0.3 is 10.1 Å². The highest BCUT2D eigenvalue weighted by Gasteiger charge is 2.16. The number of nitrogens with one attached hydrogen (secondary N) is 1. The van der Waals surface area contributed by atoms with Crippen LogP contribution in [0.25, 0.3) is 0 Å². The van der Waals surface area contributed by atoms with Gasteiger partial charge in [0, 0.05) is 15.0 Å². The topological polar surface area (TPSA) is 21.3 Å². The summed E-state index contributed by atoms with van der Waals surface area (Å²) >= 11 is 13.5. The van der Waals surface area contributed by atoms with Gasteiger partial charge in [-0.15, -0.1) is 0 Å². The smallest absolute Gasteiger partial charge is 0.119 e. The van der Waals surface area contributed by atoms with Crippen molar-refractivity contribution in [2.45, 2.75) is 12.5 Å². The van der Waals surface area contributed by atoms with E-state index in [0.29, 0.717) is 0 Å². The number of likely N-dealkylation sites (N-methyl/N-ethyl adjacent to an activating group) is 1. The van der Waals surface area contributed by atoms with Crippen molar-refractivity contribution in [1.82, 2.24) is 5.32 Å². The number of benzene rings is 2. The lowest BCUT2D eigenvalue weighted by atomic mass is 9.99. The van der Waals surface area contributed by atoms with E-state index in [4.69, 9.17) is 16.3 Å². The van der Waals surface area contributed by atoms with E-state index in [0.717, 1.165) is 31.7 Å². The van der Waals surface area contributed by atoms with E-state index >= 15 is 0 Å². The number of rotatable bonds is 5. The van der Waals surface area contributed by atoms with Gasteiger partial charge in [-0.3, -0.25) is 0 Å². The first-order chi connectivity index (χ1) is 10.1. The van der Waals surface area contributed by atoms with Gasteiger partial charge in [0.15, 0.2) is 0 Å². The van der Waals surface area contributed by atoms with Gasteiger partial charge in [-0.2, -0.15) is 0 Å². The molecule has 0 aliphatic carbocycles. The molecule has 5 heteroatoms. The average Bonchev–Trinajstić information content (AvgIpc) is 2.49. The third-order valence-corrected chi connectivity index (χ3v) is 5.47. The third-order valence-electron chi connectivity index (χ3n) is 3.38. The summed E-state index contributed by atoms with van der Waals surface area (Å²) in [6, 6.07) is 12.1. The zero-order valence-electron chi connectivity index (χ0n) is 11.8. The van der Waals surface area contributed by atoms with Crippen LogP contribution in [0.15, 0.2) is 45.3 Å². The molecule has 0 fully saturated rings. The molecule has 1 unspecified atom stereocenters. The fraction of sp³-hybridized carbons (Fsp3) is 0.250. The van der Waals surface area contributed by atoms with E-state index in [1.54, 1.807) is 7.11 Å². The summed E-state index contributed by atoms with van der Waals surface area (Å²) < 4.78 is 7.27. The van der Waals surface area contributed by atoms with Gasteiger partial charge in [-0.05, 0) is 64.8 Å². The van der Waals surface area contributed by atoms with Gasteiger partial charge in [0.2, 0.25) is 0 Å². The predicted octanol–water partition coefficient (Wildman–Crippen LogP) is 5.38. The van der Waals surface area contributed by atoms with Gasteiger partial charge in [-0.25, -0.2) is 0 Å². The van der Waals surface area contributed by atoms with Crippen LogP contribution in [0, 0.1) is 0 Å². The maximum absolute atomic E-state index is 6.41. The Balaban J connectivity index is 2.33. The highest BCUT2D eigenvalue weighted by atomic mass is 79.9. The highest BCUT2D eigenvalue weighted by molar-refractivity contribution is 9.10. The van der Waals surface area contributed by atoms with Crippen LogP contribution < -0.4 is 10.1 Å². The molecule has 112 valence electrons. The summed E-state index contributed by atoms with van der Waals surface area (Å²) in [5, 5.41) is 4.08. The zero-order chi connectivity index (χ0) is 15.4.